The number of aromatic nitrogens is 2. The van der Waals surface area contributed by atoms with Crippen molar-refractivity contribution in [2.75, 3.05) is 18.5 Å². The maximum absolute atomic E-state index is 10.9. The third-order valence-electron chi connectivity index (χ3n) is 1.68. The van der Waals surface area contributed by atoms with Crippen LogP contribution in [0, 0.1) is 0 Å². The minimum Gasteiger partial charge on any atom is -0.421 e. The largest absolute Gasteiger partial charge is 0.421 e. The van der Waals surface area contributed by atoms with E-state index >= 15 is 0 Å². The van der Waals surface area contributed by atoms with Gasteiger partial charge in [0.05, 0.1) is 12.4 Å². The van der Waals surface area contributed by atoms with Crippen LogP contribution in [0.25, 0.3) is 0 Å². The fourth-order valence-corrected chi connectivity index (χ4v) is 1.10. The number of ether oxygens (including phenoxy) is 1. The van der Waals surface area contributed by atoms with Gasteiger partial charge in [0, 0.05) is 7.05 Å². The van der Waals surface area contributed by atoms with E-state index < -0.39 is 0 Å². The van der Waals surface area contributed by atoms with Gasteiger partial charge in [-0.05, 0) is 0 Å². The van der Waals surface area contributed by atoms with Crippen molar-refractivity contribution in [3.63, 3.8) is 0 Å². The molecule has 2 rings (SSSR count). The van der Waals surface area contributed by atoms with Crippen molar-refractivity contribution in [3.05, 3.63) is 12.4 Å². The van der Waals surface area contributed by atoms with Gasteiger partial charge in [-0.25, -0.2) is 4.79 Å². The van der Waals surface area contributed by atoms with Crippen LogP contribution in [0.15, 0.2) is 12.4 Å². The summed E-state index contributed by atoms with van der Waals surface area (Å²) in [5.74, 6) is 0.210. The van der Waals surface area contributed by atoms with E-state index in [1.807, 2.05) is 0 Å². The molecule has 62 valence electrons. The summed E-state index contributed by atoms with van der Waals surface area (Å²) in [5, 5.41) is 7.30. The van der Waals surface area contributed by atoms with Crippen LogP contribution in [-0.2, 0) is 4.79 Å². The molecule has 0 bridgehead atoms. The molecule has 0 fully saturated rings. The van der Waals surface area contributed by atoms with E-state index in [4.69, 9.17) is 4.74 Å². The highest BCUT2D eigenvalue weighted by molar-refractivity contribution is 5.83. The average molecular weight is 165 g/mol. The van der Waals surface area contributed by atoms with Gasteiger partial charge in [-0.2, -0.15) is 10.2 Å². The highest BCUT2D eigenvalue weighted by atomic mass is 16.5. The fraction of sp³-hybridized carbons (Fsp3) is 0.286. The molecular formula is C7H7N3O2. The van der Waals surface area contributed by atoms with E-state index in [0.29, 0.717) is 5.75 Å². The summed E-state index contributed by atoms with van der Waals surface area (Å²) < 4.78 is 4.92. The molecule has 1 aromatic rings. The van der Waals surface area contributed by atoms with Gasteiger partial charge in [0.15, 0.2) is 5.75 Å². The molecule has 12 heavy (non-hydrogen) atoms. The summed E-state index contributed by atoms with van der Waals surface area (Å²) in [7, 11) is 1.81. The van der Waals surface area contributed by atoms with Gasteiger partial charge in [-0.3, -0.25) is 0 Å². The maximum Gasteiger partial charge on any atom is 0.331 e. The molecule has 5 nitrogen and oxygen atoms in total. The van der Waals surface area contributed by atoms with Gasteiger partial charge in [0.25, 0.3) is 0 Å². The minimum atomic E-state index is -0.266. The predicted octanol–water partition coefficient (Wildman–Crippen LogP) is -0.168. The number of hydrogen-bond donors (Lipinski definition) is 0. The maximum atomic E-state index is 10.9. The van der Waals surface area contributed by atoms with Crippen molar-refractivity contribution >= 4 is 11.7 Å². The molecule has 2 heterocycles. The second-order valence-electron chi connectivity index (χ2n) is 2.57. The lowest BCUT2D eigenvalue weighted by molar-refractivity contribution is -0.133. The molecule has 5 heteroatoms. The van der Waals surface area contributed by atoms with Crippen molar-refractivity contribution < 1.29 is 9.53 Å². The third-order valence-corrected chi connectivity index (χ3v) is 1.68. The van der Waals surface area contributed by atoms with Crippen LogP contribution in [0.2, 0.25) is 0 Å². The summed E-state index contributed by atoms with van der Waals surface area (Å²) >= 11 is 0. The third kappa shape index (κ3) is 0.990. The van der Waals surface area contributed by atoms with Gasteiger partial charge in [0.2, 0.25) is 0 Å². The zero-order valence-electron chi connectivity index (χ0n) is 6.52. The summed E-state index contributed by atoms with van der Waals surface area (Å²) in [6, 6.07) is 0. The summed E-state index contributed by atoms with van der Waals surface area (Å²) in [6.45, 7) is 0.263. The number of likely N-dealkylation sites (N-methyl/N-ethyl adjacent to an activating group) is 1. The number of rotatable bonds is 0. The van der Waals surface area contributed by atoms with Crippen LogP contribution in [0.4, 0.5) is 5.69 Å². The number of fused-ring (bicyclic) bond motifs is 1. The Morgan fingerprint density at radius 3 is 3.08 bits per heavy atom. The van der Waals surface area contributed by atoms with Gasteiger partial charge in [0.1, 0.15) is 12.2 Å². The standard InChI is InChI=1S/C7H7N3O2/c1-10-4-7(11)12-6-3-9-8-2-5(6)10/h2-3H,4H2,1H3. The first-order chi connectivity index (χ1) is 5.77. The van der Waals surface area contributed by atoms with Gasteiger partial charge >= 0.3 is 5.97 Å². The van der Waals surface area contributed by atoms with Crippen molar-refractivity contribution in [1.29, 1.82) is 0 Å². The molecule has 1 aliphatic heterocycles. The smallest absolute Gasteiger partial charge is 0.331 e. The number of anilines is 1. The molecule has 0 spiro atoms. The molecule has 0 amide bonds. The Balaban J connectivity index is 2.47. The Hall–Kier alpha value is -1.65. The van der Waals surface area contributed by atoms with E-state index in [0.717, 1.165) is 5.69 Å². The fourth-order valence-electron chi connectivity index (χ4n) is 1.10. The first-order valence-corrected chi connectivity index (χ1v) is 3.50. The molecule has 0 N–H and O–H groups in total. The van der Waals surface area contributed by atoms with E-state index in [1.54, 1.807) is 18.1 Å². The van der Waals surface area contributed by atoms with Crippen LogP contribution < -0.4 is 9.64 Å². The molecule has 1 aromatic heterocycles. The Bertz CT molecular complexity index is 326. The molecular weight excluding hydrogens is 158 g/mol. The van der Waals surface area contributed by atoms with Crippen LogP contribution in [0.1, 0.15) is 0 Å². The first-order valence-electron chi connectivity index (χ1n) is 3.50. The molecule has 0 atom stereocenters. The Labute approximate surface area is 69.0 Å². The van der Waals surface area contributed by atoms with Crippen molar-refractivity contribution in [2.45, 2.75) is 0 Å². The quantitative estimate of drug-likeness (QED) is 0.499. The summed E-state index contributed by atoms with van der Waals surface area (Å²) in [6.07, 6.45) is 3.00. The van der Waals surface area contributed by atoms with Crippen LogP contribution >= 0.6 is 0 Å². The Kier molecular flexibility index (Phi) is 1.43. The van der Waals surface area contributed by atoms with E-state index in [-0.39, 0.29) is 12.5 Å². The predicted molar refractivity (Wildman–Crippen MR) is 40.9 cm³/mol. The van der Waals surface area contributed by atoms with Crippen LogP contribution in [0.5, 0.6) is 5.75 Å². The van der Waals surface area contributed by atoms with Crippen molar-refractivity contribution in [1.82, 2.24) is 10.2 Å². The molecule has 0 aromatic carbocycles. The van der Waals surface area contributed by atoms with Crippen LogP contribution in [0.3, 0.4) is 0 Å². The summed E-state index contributed by atoms with van der Waals surface area (Å²) in [5.41, 5.74) is 0.796. The molecule has 0 saturated carbocycles. The van der Waals surface area contributed by atoms with Gasteiger partial charge < -0.3 is 9.64 Å². The number of carbonyl (C=O) groups excluding carboxylic acids is 1. The first kappa shape index (κ1) is 7.02. The highest BCUT2D eigenvalue weighted by Crippen LogP contribution is 2.27. The van der Waals surface area contributed by atoms with Gasteiger partial charge in [-0.1, -0.05) is 0 Å². The second-order valence-corrected chi connectivity index (χ2v) is 2.57. The molecule has 1 aliphatic rings. The number of carbonyl (C=O) groups is 1. The van der Waals surface area contributed by atoms with Crippen molar-refractivity contribution in [3.8, 4) is 5.75 Å². The summed E-state index contributed by atoms with van der Waals surface area (Å²) in [4.78, 5) is 12.7. The number of nitrogens with zero attached hydrogens (tertiary/aromatic N) is 3. The monoisotopic (exact) mass is 165 g/mol. The zero-order chi connectivity index (χ0) is 8.55. The van der Waals surface area contributed by atoms with Crippen LogP contribution in [-0.4, -0.2) is 29.8 Å². The normalized spacial score (nSPS) is 15.4. The van der Waals surface area contributed by atoms with Gasteiger partial charge in [-0.15, -0.1) is 0 Å². The van der Waals surface area contributed by atoms with E-state index in [1.165, 1.54) is 6.20 Å². The number of esters is 1. The average Bonchev–Trinajstić information content (AvgIpc) is 2.04. The Morgan fingerprint density at radius 1 is 1.50 bits per heavy atom. The molecule has 0 unspecified atom stereocenters. The Morgan fingerprint density at radius 2 is 2.25 bits per heavy atom. The SMILES string of the molecule is CN1CC(=O)Oc2cnncc21. The second kappa shape index (κ2) is 2.44. The highest BCUT2D eigenvalue weighted by Gasteiger charge is 2.21. The number of hydrogen-bond acceptors (Lipinski definition) is 5. The zero-order valence-corrected chi connectivity index (χ0v) is 6.52. The van der Waals surface area contributed by atoms with E-state index in [2.05, 4.69) is 10.2 Å². The topological polar surface area (TPSA) is 55.3 Å². The lowest BCUT2D eigenvalue weighted by Gasteiger charge is -2.24. The van der Waals surface area contributed by atoms with Crippen molar-refractivity contribution in [2.24, 2.45) is 0 Å². The van der Waals surface area contributed by atoms with E-state index in [9.17, 15) is 4.79 Å². The molecule has 0 saturated heterocycles. The lowest BCUT2D eigenvalue weighted by atomic mass is 10.3. The lowest BCUT2D eigenvalue weighted by Crippen LogP contribution is -2.33. The molecule has 0 radical (unpaired) electrons. The molecule has 0 aliphatic carbocycles. The minimum absolute atomic E-state index is 0.263.